The van der Waals surface area contributed by atoms with Crippen LogP contribution in [0.1, 0.15) is 27.9 Å². The predicted octanol–water partition coefficient (Wildman–Crippen LogP) is 7.37. The average molecular weight is 586 g/mol. The number of aromatic nitrogens is 5. The molecular formula is C39H31N5O. The van der Waals surface area contributed by atoms with E-state index < -0.39 is 5.54 Å². The number of rotatable bonds is 8. The summed E-state index contributed by atoms with van der Waals surface area (Å²) in [5.41, 5.74) is 7.43. The van der Waals surface area contributed by atoms with E-state index >= 15 is 0 Å². The molecular weight excluding hydrogens is 554 g/mol. The molecule has 0 bridgehead atoms. The minimum Gasteiger partial charge on any atom is -0.347 e. The van der Waals surface area contributed by atoms with Gasteiger partial charge in [0, 0.05) is 36.1 Å². The van der Waals surface area contributed by atoms with Gasteiger partial charge in [-0.2, -0.15) is 0 Å². The molecule has 0 aliphatic heterocycles. The number of aryl methyl sites for hydroxylation is 1. The summed E-state index contributed by atoms with van der Waals surface area (Å²) in [4.78, 5) is 11.7. The maximum absolute atomic E-state index is 11.7. The van der Waals surface area contributed by atoms with E-state index in [1.165, 1.54) is 0 Å². The molecule has 0 aliphatic rings. The molecule has 0 spiro atoms. The Balaban J connectivity index is 1.38. The summed E-state index contributed by atoms with van der Waals surface area (Å²) in [6, 6.07) is 51.4. The van der Waals surface area contributed by atoms with Crippen molar-refractivity contribution in [2.45, 2.75) is 19.0 Å². The van der Waals surface area contributed by atoms with Crippen LogP contribution in [0.25, 0.3) is 22.5 Å². The first-order chi connectivity index (χ1) is 22.1. The van der Waals surface area contributed by atoms with Crippen molar-refractivity contribution in [2.75, 3.05) is 0 Å². The van der Waals surface area contributed by atoms with E-state index in [-0.39, 0.29) is 5.43 Å². The molecule has 5 aromatic carbocycles. The van der Waals surface area contributed by atoms with Crippen molar-refractivity contribution in [2.24, 2.45) is 0 Å². The molecule has 0 unspecified atom stereocenters. The third-order valence-electron chi connectivity index (χ3n) is 8.37. The van der Waals surface area contributed by atoms with Crippen LogP contribution in [0.2, 0.25) is 0 Å². The first-order valence-corrected chi connectivity index (χ1v) is 15.0. The minimum absolute atomic E-state index is 0.0221. The summed E-state index contributed by atoms with van der Waals surface area (Å²) in [7, 11) is 0. The second-order valence-corrected chi connectivity index (χ2v) is 11.1. The lowest BCUT2D eigenvalue weighted by molar-refractivity contribution is 0.451. The van der Waals surface area contributed by atoms with E-state index in [1.54, 1.807) is 12.1 Å². The first kappa shape index (κ1) is 27.9. The number of hydrogen-bond donors (Lipinski definition) is 0. The molecule has 218 valence electrons. The van der Waals surface area contributed by atoms with Gasteiger partial charge in [0.15, 0.2) is 11.3 Å². The Labute approximate surface area is 261 Å². The topological polar surface area (TPSA) is 65.6 Å². The van der Waals surface area contributed by atoms with Gasteiger partial charge < -0.3 is 4.57 Å². The molecule has 0 N–H and O–H groups in total. The predicted molar refractivity (Wildman–Crippen MR) is 178 cm³/mol. The molecule has 0 saturated heterocycles. The van der Waals surface area contributed by atoms with Crippen LogP contribution in [-0.4, -0.2) is 24.8 Å². The van der Waals surface area contributed by atoms with Crippen molar-refractivity contribution >= 4 is 0 Å². The summed E-state index contributed by atoms with van der Waals surface area (Å²) in [6.45, 7) is 2.64. The van der Waals surface area contributed by atoms with E-state index in [9.17, 15) is 4.79 Å². The van der Waals surface area contributed by atoms with E-state index in [0.29, 0.717) is 12.4 Å². The lowest BCUT2D eigenvalue weighted by Gasteiger charge is -2.36. The highest BCUT2D eigenvalue weighted by atomic mass is 16.1. The molecule has 0 fully saturated rings. The SMILES string of the molecule is Cc1cc(=O)ccn1Cc1ccc(-c2ccccc2-c2nnnn2C(c2ccccc2)(c2ccccc2)c2ccccc2)cc1. The number of pyridine rings is 1. The minimum atomic E-state index is -0.839. The molecule has 45 heavy (non-hydrogen) atoms. The maximum atomic E-state index is 11.7. The first-order valence-electron chi connectivity index (χ1n) is 15.0. The molecule has 0 saturated carbocycles. The standard InChI is InChI=1S/C39H31N5O/c1-29-27-35(45)25-26-43(29)28-30-21-23-31(24-22-30)36-19-11-12-20-37(36)38-40-41-42-44(38)39(32-13-5-2-6-14-32,33-15-7-3-8-16-33)34-17-9-4-10-18-34/h2-27H,28H2,1H3. The smallest absolute Gasteiger partial charge is 0.184 e. The van der Waals surface area contributed by atoms with Gasteiger partial charge >= 0.3 is 0 Å². The number of benzene rings is 5. The zero-order chi connectivity index (χ0) is 30.6. The van der Waals surface area contributed by atoms with Crippen LogP contribution in [0.3, 0.4) is 0 Å². The van der Waals surface area contributed by atoms with Gasteiger partial charge in [0.25, 0.3) is 0 Å². The van der Waals surface area contributed by atoms with Gasteiger partial charge in [-0.15, -0.1) is 5.10 Å². The van der Waals surface area contributed by atoms with Crippen molar-refractivity contribution in [3.05, 3.63) is 196 Å². The lowest BCUT2D eigenvalue weighted by Crippen LogP contribution is -2.39. The molecule has 7 aromatic rings. The van der Waals surface area contributed by atoms with Gasteiger partial charge in [-0.25, -0.2) is 4.68 Å². The molecule has 2 aromatic heterocycles. The number of nitrogens with zero attached hydrogens (tertiary/aromatic N) is 5. The van der Waals surface area contributed by atoms with Gasteiger partial charge in [-0.3, -0.25) is 4.79 Å². The normalized spacial score (nSPS) is 11.4. The van der Waals surface area contributed by atoms with Crippen LogP contribution < -0.4 is 5.43 Å². The molecule has 0 amide bonds. The maximum Gasteiger partial charge on any atom is 0.184 e. The van der Waals surface area contributed by atoms with Crippen molar-refractivity contribution in [3.8, 4) is 22.5 Å². The van der Waals surface area contributed by atoms with Crippen LogP contribution in [0, 0.1) is 6.92 Å². The highest BCUT2D eigenvalue weighted by Crippen LogP contribution is 2.43. The molecule has 6 nitrogen and oxygen atoms in total. The summed E-state index contributed by atoms with van der Waals surface area (Å²) in [5.74, 6) is 0.662. The molecule has 2 heterocycles. The fraction of sp³-hybridized carbons (Fsp3) is 0.0769. The second-order valence-electron chi connectivity index (χ2n) is 11.1. The third kappa shape index (κ3) is 5.17. The Hall–Kier alpha value is -5.88. The Bertz CT molecular complexity index is 2000. The van der Waals surface area contributed by atoms with Crippen LogP contribution in [0.5, 0.6) is 0 Å². The van der Waals surface area contributed by atoms with E-state index in [4.69, 9.17) is 5.21 Å². The molecule has 0 aliphatic carbocycles. The Morgan fingerprint density at radius 2 is 1.16 bits per heavy atom. The summed E-state index contributed by atoms with van der Waals surface area (Å²) < 4.78 is 4.05. The Morgan fingerprint density at radius 3 is 1.71 bits per heavy atom. The van der Waals surface area contributed by atoms with Gasteiger partial charge in [-0.05, 0) is 50.7 Å². The van der Waals surface area contributed by atoms with E-state index in [0.717, 1.165) is 44.6 Å². The second kappa shape index (κ2) is 12.0. The summed E-state index contributed by atoms with van der Waals surface area (Å²) >= 11 is 0. The average Bonchev–Trinajstić information content (AvgIpc) is 3.58. The van der Waals surface area contributed by atoms with Crippen molar-refractivity contribution in [1.82, 2.24) is 24.8 Å². The highest BCUT2D eigenvalue weighted by Gasteiger charge is 2.42. The lowest BCUT2D eigenvalue weighted by atomic mass is 9.77. The Morgan fingerprint density at radius 1 is 0.622 bits per heavy atom. The largest absolute Gasteiger partial charge is 0.347 e. The number of tetrazole rings is 1. The van der Waals surface area contributed by atoms with Crippen molar-refractivity contribution < 1.29 is 0 Å². The summed E-state index contributed by atoms with van der Waals surface area (Å²) in [5, 5.41) is 13.7. The van der Waals surface area contributed by atoms with Crippen LogP contribution >= 0.6 is 0 Å². The van der Waals surface area contributed by atoms with Gasteiger partial charge in [0.05, 0.1) is 0 Å². The molecule has 7 rings (SSSR count). The molecule has 0 radical (unpaired) electrons. The number of hydrogen-bond acceptors (Lipinski definition) is 4. The monoisotopic (exact) mass is 585 g/mol. The van der Waals surface area contributed by atoms with Crippen molar-refractivity contribution in [1.29, 1.82) is 0 Å². The van der Waals surface area contributed by atoms with Crippen LogP contribution in [0.4, 0.5) is 0 Å². The summed E-state index contributed by atoms with van der Waals surface area (Å²) in [6.07, 6.45) is 1.85. The Kier molecular flexibility index (Phi) is 7.46. The van der Waals surface area contributed by atoms with Gasteiger partial charge in [-0.1, -0.05) is 140 Å². The van der Waals surface area contributed by atoms with Crippen LogP contribution in [0.15, 0.2) is 163 Å². The highest BCUT2D eigenvalue weighted by molar-refractivity contribution is 5.81. The quantitative estimate of drug-likeness (QED) is 0.175. The zero-order valence-corrected chi connectivity index (χ0v) is 24.9. The van der Waals surface area contributed by atoms with E-state index in [2.05, 4.69) is 124 Å². The van der Waals surface area contributed by atoms with Crippen LogP contribution in [-0.2, 0) is 12.1 Å². The third-order valence-corrected chi connectivity index (χ3v) is 8.37. The molecule has 0 atom stereocenters. The van der Waals surface area contributed by atoms with Crippen molar-refractivity contribution in [3.63, 3.8) is 0 Å². The molecule has 6 heteroatoms. The zero-order valence-electron chi connectivity index (χ0n) is 24.9. The van der Waals surface area contributed by atoms with Gasteiger partial charge in [0.1, 0.15) is 5.54 Å². The van der Waals surface area contributed by atoms with Gasteiger partial charge in [0.2, 0.25) is 0 Å². The fourth-order valence-electron chi connectivity index (χ4n) is 6.20. The van der Waals surface area contributed by atoms with E-state index in [1.807, 2.05) is 48.1 Å². The fourth-order valence-corrected chi connectivity index (χ4v) is 6.20.